The summed E-state index contributed by atoms with van der Waals surface area (Å²) in [4.78, 5) is 11.8. The molecule has 21 heavy (non-hydrogen) atoms. The van der Waals surface area contributed by atoms with Crippen LogP contribution < -0.4 is 4.74 Å². The first-order valence-corrected chi connectivity index (χ1v) is 5.77. The lowest BCUT2D eigenvalue weighted by molar-refractivity contribution is -0.137. The van der Waals surface area contributed by atoms with Gasteiger partial charge in [0.25, 0.3) is 5.78 Å². The summed E-state index contributed by atoms with van der Waals surface area (Å²) in [5.41, 5.74) is -0.0793. The Bertz CT molecular complexity index is 782. The summed E-state index contributed by atoms with van der Waals surface area (Å²) in [6.07, 6.45) is -2.37. The van der Waals surface area contributed by atoms with Gasteiger partial charge in [0.05, 0.1) is 24.1 Å². The van der Waals surface area contributed by atoms with Crippen LogP contribution in [0.3, 0.4) is 0 Å². The molecule has 0 saturated heterocycles. The third-order valence-corrected chi connectivity index (χ3v) is 2.79. The second kappa shape index (κ2) is 4.69. The Morgan fingerprint density at radius 2 is 2.00 bits per heavy atom. The predicted molar refractivity (Wildman–Crippen MR) is 65.6 cm³/mol. The van der Waals surface area contributed by atoms with Crippen LogP contribution in [0.1, 0.15) is 5.56 Å². The van der Waals surface area contributed by atoms with Gasteiger partial charge in [-0.25, -0.2) is 0 Å². The van der Waals surface area contributed by atoms with E-state index < -0.39 is 11.7 Å². The van der Waals surface area contributed by atoms with E-state index in [0.717, 1.165) is 12.3 Å². The molecule has 0 unspecified atom stereocenters. The maximum atomic E-state index is 12.5. The van der Waals surface area contributed by atoms with Crippen LogP contribution in [0.25, 0.3) is 17.2 Å². The summed E-state index contributed by atoms with van der Waals surface area (Å²) in [5, 5.41) is 3.97. The second-order valence-corrected chi connectivity index (χ2v) is 4.09. The summed E-state index contributed by atoms with van der Waals surface area (Å²) in [6, 6.07) is 3.74. The SMILES string of the molecule is COc1cc(-c2ccc(C(F)(F)F)cn2)n2ncnc2n1. The van der Waals surface area contributed by atoms with Gasteiger partial charge in [-0.1, -0.05) is 0 Å². The van der Waals surface area contributed by atoms with E-state index in [1.165, 1.54) is 30.1 Å². The first kappa shape index (κ1) is 13.3. The predicted octanol–water partition coefficient (Wildman–Crippen LogP) is 2.21. The molecule has 3 aromatic rings. The van der Waals surface area contributed by atoms with Crippen molar-refractivity contribution in [3.63, 3.8) is 0 Å². The fraction of sp³-hybridized carbons (Fsp3) is 0.167. The maximum absolute atomic E-state index is 12.5. The summed E-state index contributed by atoms with van der Waals surface area (Å²) in [5.74, 6) is 0.540. The van der Waals surface area contributed by atoms with Gasteiger partial charge >= 0.3 is 6.18 Å². The highest BCUT2D eigenvalue weighted by Gasteiger charge is 2.30. The number of pyridine rings is 1. The van der Waals surface area contributed by atoms with Gasteiger partial charge in [0.1, 0.15) is 6.33 Å². The van der Waals surface area contributed by atoms with Gasteiger partial charge in [0.2, 0.25) is 5.88 Å². The van der Waals surface area contributed by atoms with E-state index in [0.29, 0.717) is 11.4 Å². The number of hydrogen-bond acceptors (Lipinski definition) is 5. The average molecular weight is 295 g/mol. The molecule has 0 aliphatic rings. The molecule has 0 N–H and O–H groups in total. The Hall–Kier alpha value is -2.71. The highest BCUT2D eigenvalue weighted by molar-refractivity contribution is 5.59. The van der Waals surface area contributed by atoms with Crippen LogP contribution in [0, 0.1) is 0 Å². The molecule has 0 radical (unpaired) electrons. The fourth-order valence-electron chi connectivity index (χ4n) is 1.79. The summed E-state index contributed by atoms with van der Waals surface area (Å²) >= 11 is 0. The molecular weight excluding hydrogens is 287 g/mol. The molecule has 0 atom stereocenters. The minimum absolute atomic E-state index is 0.269. The van der Waals surface area contributed by atoms with Gasteiger partial charge in [-0.15, -0.1) is 0 Å². The van der Waals surface area contributed by atoms with Crippen molar-refractivity contribution < 1.29 is 17.9 Å². The minimum Gasteiger partial charge on any atom is -0.481 e. The largest absolute Gasteiger partial charge is 0.481 e. The van der Waals surface area contributed by atoms with Crippen molar-refractivity contribution in [2.45, 2.75) is 6.18 Å². The zero-order valence-electron chi connectivity index (χ0n) is 10.7. The van der Waals surface area contributed by atoms with Crippen molar-refractivity contribution in [2.24, 2.45) is 0 Å². The number of alkyl halides is 3. The Balaban J connectivity index is 2.13. The molecule has 0 bridgehead atoms. The quantitative estimate of drug-likeness (QED) is 0.725. The molecule has 0 aliphatic carbocycles. The average Bonchev–Trinajstić information content (AvgIpc) is 2.93. The normalized spacial score (nSPS) is 11.8. The first-order chi connectivity index (χ1) is 9.99. The number of fused-ring (bicyclic) bond motifs is 1. The van der Waals surface area contributed by atoms with Gasteiger partial charge in [0, 0.05) is 12.3 Å². The van der Waals surface area contributed by atoms with Crippen LogP contribution in [0.15, 0.2) is 30.7 Å². The van der Waals surface area contributed by atoms with Crippen LogP contribution in [-0.4, -0.2) is 31.7 Å². The van der Waals surface area contributed by atoms with E-state index in [2.05, 4.69) is 20.1 Å². The van der Waals surface area contributed by atoms with Crippen LogP contribution >= 0.6 is 0 Å². The lowest BCUT2D eigenvalue weighted by Gasteiger charge is -2.08. The van der Waals surface area contributed by atoms with Crippen molar-refractivity contribution in [3.05, 3.63) is 36.3 Å². The van der Waals surface area contributed by atoms with Gasteiger partial charge < -0.3 is 4.74 Å². The Morgan fingerprint density at radius 1 is 1.19 bits per heavy atom. The highest BCUT2D eigenvalue weighted by Crippen LogP contribution is 2.30. The Labute approximate surface area is 116 Å². The third-order valence-electron chi connectivity index (χ3n) is 2.79. The van der Waals surface area contributed by atoms with E-state index in [1.54, 1.807) is 0 Å². The smallest absolute Gasteiger partial charge is 0.417 e. The van der Waals surface area contributed by atoms with E-state index in [4.69, 9.17) is 4.74 Å². The molecule has 9 heteroatoms. The molecule has 3 rings (SSSR count). The van der Waals surface area contributed by atoms with Crippen LogP contribution in [-0.2, 0) is 6.18 Å². The van der Waals surface area contributed by atoms with Gasteiger partial charge in [0.15, 0.2) is 0 Å². The van der Waals surface area contributed by atoms with Gasteiger partial charge in [-0.3, -0.25) is 4.98 Å². The summed E-state index contributed by atoms with van der Waals surface area (Å²) in [6.45, 7) is 0. The van der Waals surface area contributed by atoms with Crippen molar-refractivity contribution in [1.82, 2.24) is 24.6 Å². The highest BCUT2D eigenvalue weighted by atomic mass is 19.4. The summed E-state index contributed by atoms with van der Waals surface area (Å²) in [7, 11) is 1.43. The molecule has 0 aliphatic heterocycles. The summed E-state index contributed by atoms with van der Waals surface area (Å²) < 4.78 is 44.0. The van der Waals surface area contributed by atoms with Crippen molar-refractivity contribution >= 4 is 5.78 Å². The van der Waals surface area contributed by atoms with Crippen LogP contribution in [0.2, 0.25) is 0 Å². The molecule has 0 fully saturated rings. The third kappa shape index (κ3) is 2.37. The van der Waals surface area contributed by atoms with Crippen LogP contribution in [0.5, 0.6) is 5.88 Å². The van der Waals surface area contributed by atoms with E-state index in [-0.39, 0.29) is 11.7 Å². The number of aromatic nitrogens is 5. The molecule has 0 saturated carbocycles. The number of ether oxygens (including phenoxy) is 1. The Kier molecular flexibility index (Phi) is 2.96. The monoisotopic (exact) mass is 295 g/mol. The molecule has 3 aromatic heterocycles. The number of hydrogen-bond donors (Lipinski definition) is 0. The number of halogens is 3. The van der Waals surface area contributed by atoms with E-state index in [1.807, 2.05) is 0 Å². The molecule has 6 nitrogen and oxygen atoms in total. The van der Waals surface area contributed by atoms with E-state index >= 15 is 0 Å². The zero-order valence-corrected chi connectivity index (χ0v) is 10.7. The van der Waals surface area contributed by atoms with Crippen molar-refractivity contribution in [3.8, 4) is 17.3 Å². The number of methoxy groups -OCH3 is 1. The van der Waals surface area contributed by atoms with Crippen molar-refractivity contribution in [1.29, 1.82) is 0 Å². The number of rotatable bonds is 2. The zero-order chi connectivity index (χ0) is 15.0. The minimum atomic E-state index is -4.43. The van der Waals surface area contributed by atoms with E-state index in [9.17, 15) is 13.2 Å². The van der Waals surface area contributed by atoms with Crippen molar-refractivity contribution in [2.75, 3.05) is 7.11 Å². The second-order valence-electron chi connectivity index (χ2n) is 4.09. The number of nitrogens with zero attached hydrogens (tertiary/aromatic N) is 5. The molecule has 0 spiro atoms. The molecule has 3 heterocycles. The van der Waals surface area contributed by atoms with Gasteiger partial charge in [-0.05, 0) is 12.1 Å². The topological polar surface area (TPSA) is 65.2 Å². The van der Waals surface area contributed by atoms with Crippen LogP contribution in [0.4, 0.5) is 13.2 Å². The fourth-order valence-corrected chi connectivity index (χ4v) is 1.79. The molecular formula is C12H8F3N5O. The Morgan fingerprint density at radius 3 is 2.62 bits per heavy atom. The molecule has 0 amide bonds. The first-order valence-electron chi connectivity index (χ1n) is 5.77. The standard InChI is InChI=1S/C12H8F3N5O/c1-21-10-4-9(20-11(19-10)17-6-18-20)8-3-2-7(5-16-8)12(13,14)15/h2-6H,1H3. The molecule has 108 valence electrons. The molecule has 0 aromatic carbocycles. The lowest BCUT2D eigenvalue weighted by Crippen LogP contribution is -2.06. The lowest BCUT2D eigenvalue weighted by atomic mass is 10.2. The maximum Gasteiger partial charge on any atom is 0.417 e. The van der Waals surface area contributed by atoms with Gasteiger partial charge in [-0.2, -0.15) is 32.8 Å².